The molecule has 0 spiro atoms. The van der Waals surface area contributed by atoms with Crippen molar-refractivity contribution in [3.8, 4) is 36.4 Å². The summed E-state index contributed by atoms with van der Waals surface area (Å²) < 4.78 is 0. The van der Waals surface area contributed by atoms with E-state index in [1.807, 2.05) is 0 Å². The summed E-state index contributed by atoms with van der Waals surface area (Å²) in [6, 6.07) is 22.6. The van der Waals surface area contributed by atoms with Gasteiger partial charge in [-0.2, -0.15) is 31.6 Å². The Morgan fingerprint density at radius 1 is 0.333 bits per heavy atom. The number of hydrogen-bond acceptors (Lipinski definition) is 6. The van der Waals surface area contributed by atoms with Crippen LogP contribution in [0.1, 0.15) is 66.8 Å². The minimum absolute atomic E-state index is 0.268. The fourth-order valence-electron chi connectivity index (χ4n) is 4.23. The summed E-state index contributed by atoms with van der Waals surface area (Å²) in [6.45, 7) is 0. The van der Waals surface area contributed by atoms with Crippen molar-refractivity contribution in [3.63, 3.8) is 0 Å². The molecule has 4 rings (SSSR count). The van der Waals surface area contributed by atoms with Crippen LogP contribution >= 0.6 is 0 Å². The summed E-state index contributed by atoms with van der Waals surface area (Å²) in [5.74, 6) is 0. The van der Waals surface area contributed by atoms with Crippen LogP contribution in [0.15, 0.2) is 36.4 Å². The highest BCUT2D eigenvalue weighted by Gasteiger charge is 2.20. The van der Waals surface area contributed by atoms with E-state index in [9.17, 15) is 31.6 Å². The second kappa shape index (κ2) is 8.38. The molecule has 0 unspecified atom stereocenters. The lowest BCUT2D eigenvalue weighted by Crippen LogP contribution is -2.02. The molecule has 0 bridgehead atoms. The third-order valence-electron chi connectivity index (χ3n) is 5.88. The topological polar surface area (TPSA) is 143 Å². The zero-order chi connectivity index (χ0) is 23.5. The van der Waals surface area contributed by atoms with Crippen LogP contribution < -0.4 is 0 Å². The molecule has 1 aliphatic carbocycles. The maximum absolute atomic E-state index is 9.52. The zero-order valence-electron chi connectivity index (χ0n) is 17.3. The van der Waals surface area contributed by atoms with Crippen molar-refractivity contribution in [1.82, 2.24) is 0 Å². The number of benzene rings is 3. The van der Waals surface area contributed by atoms with E-state index in [4.69, 9.17) is 0 Å². The predicted octanol–water partition coefficient (Wildman–Crippen LogP) is 4.00. The van der Waals surface area contributed by atoms with Gasteiger partial charge in [0.15, 0.2) is 0 Å². The quantitative estimate of drug-likeness (QED) is 0.420. The Bertz CT molecular complexity index is 1290. The minimum Gasteiger partial charge on any atom is -0.192 e. The molecule has 0 atom stereocenters. The number of rotatable bonds is 0. The molecule has 0 fully saturated rings. The van der Waals surface area contributed by atoms with E-state index < -0.39 is 0 Å². The fraction of sp³-hybridized carbons (Fsp3) is 0.111. The van der Waals surface area contributed by atoms with Crippen LogP contribution in [-0.2, 0) is 19.3 Å². The van der Waals surface area contributed by atoms with Crippen molar-refractivity contribution in [1.29, 1.82) is 31.6 Å². The first kappa shape index (κ1) is 20.9. The summed E-state index contributed by atoms with van der Waals surface area (Å²) in [5.41, 5.74) is 6.58. The molecule has 6 heteroatoms. The van der Waals surface area contributed by atoms with Gasteiger partial charge in [0.25, 0.3) is 0 Å². The first-order chi connectivity index (χ1) is 16.0. The van der Waals surface area contributed by atoms with Crippen molar-refractivity contribution in [2.75, 3.05) is 0 Å². The Morgan fingerprint density at radius 2 is 0.485 bits per heavy atom. The van der Waals surface area contributed by atoms with Crippen LogP contribution in [0.2, 0.25) is 0 Å². The third-order valence-corrected chi connectivity index (χ3v) is 5.88. The van der Waals surface area contributed by atoms with Gasteiger partial charge in [0.05, 0.1) is 33.4 Å². The molecule has 1 aliphatic rings. The van der Waals surface area contributed by atoms with Crippen LogP contribution in [0.4, 0.5) is 0 Å². The lowest BCUT2D eigenvalue weighted by Gasteiger charge is -2.13. The fourth-order valence-corrected chi connectivity index (χ4v) is 4.23. The molecular weight excluding hydrogens is 408 g/mol. The van der Waals surface area contributed by atoms with E-state index in [2.05, 4.69) is 36.4 Å². The van der Waals surface area contributed by atoms with Gasteiger partial charge >= 0.3 is 0 Å². The molecule has 0 aromatic heterocycles. The Balaban J connectivity index is 2.07. The number of nitriles is 6. The van der Waals surface area contributed by atoms with Crippen molar-refractivity contribution in [2.24, 2.45) is 0 Å². The van der Waals surface area contributed by atoms with E-state index >= 15 is 0 Å². The average molecular weight is 420 g/mol. The molecule has 33 heavy (non-hydrogen) atoms. The maximum atomic E-state index is 9.52. The molecule has 0 radical (unpaired) electrons. The lowest BCUT2D eigenvalue weighted by atomic mass is 9.90. The molecule has 0 N–H and O–H groups in total. The zero-order valence-corrected chi connectivity index (χ0v) is 17.3. The summed E-state index contributed by atoms with van der Waals surface area (Å²) >= 11 is 0. The van der Waals surface area contributed by atoms with Crippen LogP contribution in [0, 0.1) is 68.0 Å². The van der Waals surface area contributed by atoms with Gasteiger partial charge in [-0.3, -0.25) is 0 Å². The van der Waals surface area contributed by atoms with Crippen molar-refractivity contribution in [2.45, 2.75) is 19.3 Å². The van der Waals surface area contributed by atoms with Gasteiger partial charge in [-0.1, -0.05) is 0 Å². The molecular formula is C27H12N6. The molecule has 150 valence electrons. The number of hydrogen-bond donors (Lipinski definition) is 0. The van der Waals surface area contributed by atoms with E-state index in [1.54, 1.807) is 36.4 Å². The Labute approximate surface area is 190 Å². The van der Waals surface area contributed by atoms with Crippen LogP contribution in [0.3, 0.4) is 0 Å². The molecule has 3 aromatic rings. The van der Waals surface area contributed by atoms with Crippen LogP contribution in [0.5, 0.6) is 0 Å². The Hall–Kier alpha value is -5.40. The van der Waals surface area contributed by atoms with E-state index in [0.29, 0.717) is 19.3 Å². The molecule has 0 aliphatic heterocycles. The predicted molar refractivity (Wildman–Crippen MR) is 116 cm³/mol. The molecule has 0 saturated carbocycles. The van der Waals surface area contributed by atoms with Gasteiger partial charge in [-0.05, 0) is 89.0 Å². The summed E-state index contributed by atoms with van der Waals surface area (Å²) in [4.78, 5) is 0. The second-order valence-electron chi connectivity index (χ2n) is 7.70. The highest BCUT2D eigenvalue weighted by molar-refractivity contribution is 5.59. The largest absolute Gasteiger partial charge is 0.192 e. The molecule has 6 nitrogen and oxygen atoms in total. The summed E-state index contributed by atoms with van der Waals surface area (Å²) in [6.07, 6.45) is 1.24. The normalized spacial score (nSPS) is 11.1. The van der Waals surface area contributed by atoms with Gasteiger partial charge in [0, 0.05) is 0 Å². The van der Waals surface area contributed by atoms with E-state index in [1.165, 1.54) is 0 Å². The van der Waals surface area contributed by atoms with Crippen molar-refractivity contribution >= 4 is 0 Å². The molecule has 0 saturated heterocycles. The van der Waals surface area contributed by atoms with E-state index in [-0.39, 0.29) is 33.4 Å². The maximum Gasteiger partial charge on any atom is 0.101 e. The monoisotopic (exact) mass is 420 g/mol. The first-order valence-electron chi connectivity index (χ1n) is 9.93. The Morgan fingerprint density at radius 3 is 0.606 bits per heavy atom. The summed E-state index contributed by atoms with van der Waals surface area (Å²) in [5, 5.41) is 57.1. The highest BCUT2D eigenvalue weighted by Crippen LogP contribution is 2.31. The van der Waals surface area contributed by atoms with Crippen LogP contribution in [-0.4, -0.2) is 0 Å². The smallest absolute Gasteiger partial charge is 0.101 e. The third kappa shape index (κ3) is 3.63. The minimum atomic E-state index is 0.268. The van der Waals surface area contributed by atoms with Gasteiger partial charge in [-0.25, -0.2) is 0 Å². The number of nitrogens with zero attached hydrogens (tertiary/aromatic N) is 6. The standard InChI is InChI=1S/C27H12N6/c28-10-22-4-16-1-17-5-23(11-29)25(13-31)7-19(17)3-21-9-27(15-33)26(14-32)8-20(21)2-18(16)6-24(22)12-30/h4-9H,1-3H2. The SMILES string of the molecule is N#Cc1cc2c(cc1C#N)Cc1cc(C#N)c(C#N)cc1Cc1cc(C#N)c(C#N)cc1C2. The molecule has 3 aromatic carbocycles. The van der Waals surface area contributed by atoms with Crippen molar-refractivity contribution in [3.05, 3.63) is 103 Å². The van der Waals surface area contributed by atoms with Gasteiger partial charge in [-0.15, -0.1) is 0 Å². The van der Waals surface area contributed by atoms with Gasteiger partial charge in [0.2, 0.25) is 0 Å². The highest BCUT2D eigenvalue weighted by atomic mass is 14.3. The van der Waals surface area contributed by atoms with Crippen molar-refractivity contribution < 1.29 is 0 Å². The van der Waals surface area contributed by atoms with Crippen LogP contribution in [0.25, 0.3) is 0 Å². The van der Waals surface area contributed by atoms with Gasteiger partial charge < -0.3 is 0 Å². The summed E-state index contributed by atoms with van der Waals surface area (Å²) in [7, 11) is 0. The first-order valence-corrected chi connectivity index (χ1v) is 9.93. The number of fused-ring (bicyclic) bond motifs is 3. The molecule has 0 amide bonds. The Kier molecular flexibility index (Phi) is 5.30. The molecule has 0 heterocycles. The van der Waals surface area contributed by atoms with Gasteiger partial charge in [0.1, 0.15) is 36.4 Å². The van der Waals surface area contributed by atoms with E-state index in [0.717, 1.165) is 33.4 Å². The lowest BCUT2D eigenvalue weighted by molar-refractivity contribution is 1.08. The average Bonchev–Trinajstić information content (AvgIpc) is 2.90. The second-order valence-corrected chi connectivity index (χ2v) is 7.70.